The summed E-state index contributed by atoms with van der Waals surface area (Å²) in [6, 6.07) is 9.92. The van der Waals surface area contributed by atoms with Gasteiger partial charge >= 0.3 is 0 Å². The van der Waals surface area contributed by atoms with Gasteiger partial charge in [0.15, 0.2) is 5.96 Å². The van der Waals surface area contributed by atoms with Crippen molar-refractivity contribution >= 4 is 29.9 Å². The zero-order chi connectivity index (χ0) is 17.2. The number of benzene rings is 1. The first-order valence-electron chi connectivity index (χ1n) is 8.33. The molecule has 138 valence electrons. The number of nitrogens with one attached hydrogen (secondary N) is 2. The Bertz CT molecular complexity index is 613. The minimum Gasteiger partial charge on any atom is -0.497 e. The zero-order valence-electron chi connectivity index (χ0n) is 15.1. The van der Waals surface area contributed by atoms with Crippen LogP contribution >= 0.6 is 24.0 Å². The predicted octanol–water partition coefficient (Wildman–Crippen LogP) is 2.90. The van der Waals surface area contributed by atoms with Crippen molar-refractivity contribution in [2.24, 2.45) is 10.9 Å². The van der Waals surface area contributed by atoms with Gasteiger partial charge in [-0.2, -0.15) is 5.10 Å². The molecule has 0 radical (unpaired) electrons. The second-order valence-corrected chi connectivity index (χ2v) is 5.76. The van der Waals surface area contributed by atoms with Crippen LogP contribution in [0.25, 0.3) is 0 Å². The van der Waals surface area contributed by atoms with Crippen molar-refractivity contribution < 1.29 is 4.74 Å². The molecule has 25 heavy (non-hydrogen) atoms. The third-order valence-electron chi connectivity index (χ3n) is 3.60. The highest BCUT2D eigenvalue weighted by molar-refractivity contribution is 14.0. The van der Waals surface area contributed by atoms with Crippen molar-refractivity contribution in [3.05, 3.63) is 48.3 Å². The summed E-state index contributed by atoms with van der Waals surface area (Å²) in [5.74, 6) is 2.15. The zero-order valence-corrected chi connectivity index (χ0v) is 17.4. The number of guanidine groups is 1. The first kappa shape index (κ1) is 21.3. The van der Waals surface area contributed by atoms with Crippen molar-refractivity contribution in [2.45, 2.75) is 26.9 Å². The van der Waals surface area contributed by atoms with Gasteiger partial charge in [-0.25, -0.2) is 4.99 Å². The maximum atomic E-state index is 5.17. The van der Waals surface area contributed by atoms with Gasteiger partial charge < -0.3 is 15.4 Å². The molecule has 0 amide bonds. The summed E-state index contributed by atoms with van der Waals surface area (Å²) in [6.07, 6.45) is 3.79. The Morgan fingerprint density at radius 3 is 2.64 bits per heavy atom. The summed E-state index contributed by atoms with van der Waals surface area (Å²) < 4.78 is 7.13. The second kappa shape index (κ2) is 11.7. The smallest absolute Gasteiger partial charge is 0.191 e. The SMILES string of the molecule is CCNC(=NCc1ccc(OC)cc1)NCC(C)Cn1cccn1.I. The molecule has 0 saturated heterocycles. The molecule has 2 aromatic rings. The molecule has 0 spiro atoms. The lowest BCUT2D eigenvalue weighted by Crippen LogP contribution is -2.40. The third kappa shape index (κ3) is 7.76. The van der Waals surface area contributed by atoms with Crippen LogP contribution in [0.4, 0.5) is 0 Å². The summed E-state index contributed by atoms with van der Waals surface area (Å²) in [6.45, 7) is 7.46. The fraction of sp³-hybridized carbons (Fsp3) is 0.444. The Kier molecular flexibility index (Phi) is 9.98. The summed E-state index contributed by atoms with van der Waals surface area (Å²) >= 11 is 0. The van der Waals surface area contributed by atoms with Crippen LogP contribution in [0.3, 0.4) is 0 Å². The van der Waals surface area contributed by atoms with Gasteiger partial charge in [-0.3, -0.25) is 4.68 Å². The van der Waals surface area contributed by atoms with Gasteiger partial charge in [0, 0.05) is 32.0 Å². The number of ether oxygens (including phenoxy) is 1. The molecule has 7 heteroatoms. The highest BCUT2D eigenvalue weighted by Gasteiger charge is 2.05. The standard InChI is InChI=1S/C18H27N5O.HI/c1-4-19-18(20-12-15(2)14-23-11-5-10-22-23)21-13-16-6-8-17(24-3)9-7-16;/h5-11,15H,4,12-14H2,1-3H3,(H2,19,20,21);1H. The van der Waals surface area contributed by atoms with Crippen LogP contribution in [0.2, 0.25) is 0 Å². The monoisotopic (exact) mass is 457 g/mol. The number of methoxy groups -OCH3 is 1. The molecule has 0 aliphatic heterocycles. The van der Waals surface area contributed by atoms with Crippen LogP contribution in [0.5, 0.6) is 5.75 Å². The number of hydrogen-bond acceptors (Lipinski definition) is 3. The average Bonchev–Trinajstić information content (AvgIpc) is 3.10. The minimum absolute atomic E-state index is 0. The van der Waals surface area contributed by atoms with E-state index in [1.54, 1.807) is 13.3 Å². The van der Waals surface area contributed by atoms with Crippen LogP contribution < -0.4 is 15.4 Å². The fourth-order valence-electron chi connectivity index (χ4n) is 2.31. The van der Waals surface area contributed by atoms with Crippen LogP contribution in [-0.4, -0.2) is 35.9 Å². The van der Waals surface area contributed by atoms with Crippen molar-refractivity contribution in [1.29, 1.82) is 0 Å². The molecule has 2 rings (SSSR count). The number of aromatic nitrogens is 2. The Hall–Kier alpha value is -1.77. The second-order valence-electron chi connectivity index (χ2n) is 5.76. The lowest BCUT2D eigenvalue weighted by atomic mass is 10.2. The predicted molar refractivity (Wildman–Crippen MR) is 113 cm³/mol. The van der Waals surface area contributed by atoms with Crippen molar-refractivity contribution in [1.82, 2.24) is 20.4 Å². The van der Waals surface area contributed by atoms with Crippen LogP contribution in [-0.2, 0) is 13.1 Å². The first-order chi connectivity index (χ1) is 11.7. The molecule has 1 aromatic carbocycles. The van der Waals surface area contributed by atoms with Gasteiger partial charge in [0.2, 0.25) is 0 Å². The van der Waals surface area contributed by atoms with E-state index in [1.807, 2.05) is 41.2 Å². The summed E-state index contributed by atoms with van der Waals surface area (Å²) in [7, 11) is 1.67. The Morgan fingerprint density at radius 2 is 2.04 bits per heavy atom. The molecule has 0 fully saturated rings. The van der Waals surface area contributed by atoms with Crippen molar-refractivity contribution in [3.63, 3.8) is 0 Å². The maximum absolute atomic E-state index is 5.17. The van der Waals surface area contributed by atoms with E-state index in [4.69, 9.17) is 4.74 Å². The summed E-state index contributed by atoms with van der Waals surface area (Å²) in [5.41, 5.74) is 1.15. The molecule has 1 atom stereocenters. The van der Waals surface area contributed by atoms with E-state index in [2.05, 4.69) is 34.6 Å². The van der Waals surface area contributed by atoms with Crippen LogP contribution in [0.15, 0.2) is 47.7 Å². The van der Waals surface area contributed by atoms with Gasteiger partial charge in [-0.05, 0) is 36.6 Å². The highest BCUT2D eigenvalue weighted by Crippen LogP contribution is 2.11. The molecule has 0 saturated carbocycles. The summed E-state index contributed by atoms with van der Waals surface area (Å²) in [4.78, 5) is 4.64. The highest BCUT2D eigenvalue weighted by atomic mass is 127. The molecule has 2 N–H and O–H groups in total. The molecular weight excluding hydrogens is 429 g/mol. The van der Waals surface area contributed by atoms with Gasteiger partial charge in [-0.15, -0.1) is 24.0 Å². The largest absolute Gasteiger partial charge is 0.497 e. The summed E-state index contributed by atoms with van der Waals surface area (Å²) in [5, 5.41) is 10.9. The van der Waals surface area contributed by atoms with E-state index >= 15 is 0 Å². The van der Waals surface area contributed by atoms with Crippen molar-refractivity contribution in [3.8, 4) is 5.75 Å². The topological polar surface area (TPSA) is 63.5 Å². The fourth-order valence-corrected chi connectivity index (χ4v) is 2.31. The average molecular weight is 457 g/mol. The third-order valence-corrected chi connectivity index (χ3v) is 3.60. The van der Waals surface area contributed by atoms with Gasteiger partial charge in [-0.1, -0.05) is 19.1 Å². The maximum Gasteiger partial charge on any atom is 0.191 e. The number of halogens is 1. The van der Waals surface area contributed by atoms with E-state index in [-0.39, 0.29) is 24.0 Å². The number of rotatable bonds is 8. The van der Waals surface area contributed by atoms with Crippen LogP contribution in [0, 0.1) is 5.92 Å². The number of aliphatic imine (C=N–C) groups is 1. The lowest BCUT2D eigenvalue weighted by molar-refractivity contribution is 0.414. The van der Waals surface area contributed by atoms with E-state index in [1.165, 1.54) is 0 Å². The Labute approximate surface area is 167 Å². The Morgan fingerprint density at radius 1 is 1.28 bits per heavy atom. The molecule has 0 aliphatic carbocycles. The lowest BCUT2D eigenvalue weighted by Gasteiger charge is -2.16. The van der Waals surface area contributed by atoms with E-state index in [0.717, 1.165) is 36.9 Å². The van der Waals surface area contributed by atoms with Gasteiger partial charge in [0.05, 0.1) is 13.7 Å². The molecule has 1 unspecified atom stereocenters. The number of hydrogen-bond donors (Lipinski definition) is 2. The number of nitrogens with zero attached hydrogens (tertiary/aromatic N) is 3. The van der Waals surface area contributed by atoms with E-state index in [9.17, 15) is 0 Å². The minimum atomic E-state index is 0. The van der Waals surface area contributed by atoms with Crippen LogP contribution in [0.1, 0.15) is 19.4 Å². The molecule has 1 heterocycles. The molecule has 6 nitrogen and oxygen atoms in total. The Balaban J connectivity index is 0.00000312. The van der Waals surface area contributed by atoms with E-state index in [0.29, 0.717) is 12.5 Å². The first-order valence-corrected chi connectivity index (χ1v) is 8.33. The van der Waals surface area contributed by atoms with Crippen molar-refractivity contribution in [2.75, 3.05) is 20.2 Å². The van der Waals surface area contributed by atoms with E-state index < -0.39 is 0 Å². The van der Waals surface area contributed by atoms with Gasteiger partial charge in [0.1, 0.15) is 5.75 Å². The van der Waals surface area contributed by atoms with Gasteiger partial charge in [0.25, 0.3) is 0 Å². The molecule has 0 bridgehead atoms. The molecule has 1 aromatic heterocycles. The normalized spacial score (nSPS) is 12.2. The molecule has 0 aliphatic rings. The molecular formula is C18H28IN5O. The quantitative estimate of drug-likeness (QED) is 0.364.